The van der Waals surface area contributed by atoms with Crippen LogP contribution in [0.4, 0.5) is 0 Å². The van der Waals surface area contributed by atoms with Gasteiger partial charge in [0, 0.05) is 0 Å². The molecule has 0 fully saturated rings. The maximum Gasteiger partial charge on any atom is 0.0732 e. The van der Waals surface area contributed by atoms with Crippen molar-refractivity contribution in [3.63, 3.8) is 0 Å². The number of hydrogen-bond acceptors (Lipinski definition) is 0. The van der Waals surface area contributed by atoms with Gasteiger partial charge in [0.05, 0.1) is 3.74 Å². The molecule has 0 saturated carbocycles. The molecule has 0 radical (unpaired) electrons. The third-order valence-corrected chi connectivity index (χ3v) is 1.33. The Morgan fingerprint density at radius 3 is 2.50 bits per heavy atom. The minimum Gasteiger partial charge on any atom is -0.0991 e. The van der Waals surface area contributed by atoms with Gasteiger partial charge in [-0.3, -0.25) is 0 Å². The Bertz CT molecular complexity index is 84.5. The summed E-state index contributed by atoms with van der Waals surface area (Å²) in [7, 11) is 0. The molecule has 0 N–H and O–H groups in total. The largest absolute Gasteiger partial charge is 0.0991 e. The Balaban J connectivity index is 3.15. The second kappa shape index (κ2) is 5.57. The van der Waals surface area contributed by atoms with Crippen LogP contribution < -0.4 is 0 Å². The van der Waals surface area contributed by atoms with Crippen LogP contribution in [0.25, 0.3) is 0 Å². The van der Waals surface area contributed by atoms with E-state index >= 15 is 0 Å². The third-order valence-electron chi connectivity index (χ3n) is 0.586. The van der Waals surface area contributed by atoms with Crippen LogP contribution in [0.3, 0.4) is 0 Å². The summed E-state index contributed by atoms with van der Waals surface area (Å²) >= 11 is 6.67. The van der Waals surface area contributed by atoms with Crippen molar-refractivity contribution in [1.82, 2.24) is 0 Å². The Hall–Kier alpha value is 0.440. The molecule has 0 spiro atoms. The summed E-state index contributed by atoms with van der Waals surface area (Å²) in [6.45, 7) is 3.54. The summed E-state index contributed by atoms with van der Waals surface area (Å²) in [5, 5.41) is 0. The molecular formula is C6H8Br2. The molecule has 0 amide bonds. The standard InChI is InChI=1S/C6H8Br2/c1-2-3-4-5-6(7)8/h2-4,6H,1,5H2/b4-3-. The van der Waals surface area contributed by atoms with Crippen molar-refractivity contribution in [3.05, 3.63) is 24.8 Å². The van der Waals surface area contributed by atoms with Gasteiger partial charge in [-0.05, 0) is 6.42 Å². The SMILES string of the molecule is C=C/C=C\CC(Br)Br. The quantitative estimate of drug-likeness (QED) is 0.524. The molecule has 0 aliphatic heterocycles. The smallest absolute Gasteiger partial charge is 0.0732 e. The maximum absolute atomic E-state index is 3.54. The first kappa shape index (κ1) is 8.44. The van der Waals surface area contributed by atoms with Crippen molar-refractivity contribution in [3.8, 4) is 0 Å². The molecule has 0 aliphatic carbocycles. The molecule has 0 rings (SSSR count). The van der Waals surface area contributed by atoms with Gasteiger partial charge in [0.15, 0.2) is 0 Å². The van der Waals surface area contributed by atoms with E-state index in [2.05, 4.69) is 38.4 Å². The fraction of sp³-hybridized carbons (Fsp3) is 0.333. The molecule has 0 unspecified atom stereocenters. The Morgan fingerprint density at radius 2 is 2.12 bits per heavy atom. The van der Waals surface area contributed by atoms with Crippen LogP contribution in [0, 0.1) is 0 Å². The highest BCUT2D eigenvalue weighted by Crippen LogP contribution is 2.12. The van der Waals surface area contributed by atoms with Gasteiger partial charge in [-0.15, -0.1) is 0 Å². The second-order valence-corrected chi connectivity index (χ2v) is 4.73. The number of hydrogen-bond donors (Lipinski definition) is 0. The minimum atomic E-state index is 0.395. The van der Waals surface area contributed by atoms with E-state index in [1.165, 1.54) is 0 Å². The zero-order chi connectivity index (χ0) is 6.41. The predicted octanol–water partition coefficient (Wildman–Crippen LogP) is 3.23. The van der Waals surface area contributed by atoms with E-state index in [4.69, 9.17) is 0 Å². The molecule has 0 nitrogen and oxygen atoms in total. The van der Waals surface area contributed by atoms with E-state index < -0.39 is 0 Å². The summed E-state index contributed by atoms with van der Waals surface area (Å²) in [5.74, 6) is 0. The lowest BCUT2D eigenvalue weighted by Crippen LogP contribution is -1.76. The van der Waals surface area contributed by atoms with Gasteiger partial charge in [-0.2, -0.15) is 0 Å². The fourth-order valence-electron chi connectivity index (χ4n) is 0.278. The molecular weight excluding hydrogens is 232 g/mol. The average Bonchev–Trinajstić information content (AvgIpc) is 1.66. The molecule has 46 valence electrons. The van der Waals surface area contributed by atoms with Gasteiger partial charge in [-0.25, -0.2) is 0 Å². The van der Waals surface area contributed by atoms with Crippen LogP contribution >= 0.6 is 31.9 Å². The van der Waals surface area contributed by atoms with Crippen molar-refractivity contribution in [2.75, 3.05) is 0 Å². The van der Waals surface area contributed by atoms with Crippen LogP contribution in [0.2, 0.25) is 0 Å². The van der Waals surface area contributed by atoms with Crippen LogP contribution in [0.5, 0.6) is 0 Å². The molecule has 0 heterocycles. The number of alkyl halides is 2. The first-order valence-corrected chi connectivity index (χ1v) is 4.16. The van der Waals surface area contributed by atoms with Crippen LogP contribution in [0.15, 0.2) is 24.8 Å². The highest BCUT2D eigenvalue weighted by molar-refractivity contribution is 9.24. The van der Waals surface area contributed by atoms with Crippen molar-refractivity contribution in [2.45, 2.75) is 10.2 Å². The molecule has 0 saturated heterocycles. The average molecular weight is 240 g/mol. The van der Waals surface area contributed by atoms with Crippen LogP contribution in [-0.2, 0) is 0 Å². The topological polar surface area (TPSA) is 0 Å². The van der Waals surface area contributed by atoms with E-state index in [9.17, 15) is 0 Å². The number of allylic oxidation sites excluding steroid dienone is 3. The van der Waals surface area contributed by atoms with E-state index in [-0.39, 0.29) is 0 Å². The van der Waals surface area contributed by atoms with Crippen molar-refractivity contribution >= 4 is 31.9 Å². The lowest BCUT2D eigenvalue weighted by molar-refractivity contribution is 1.21. The summed E-state index contributed by atoms with van der Waals surface area (Å²) in [6, 6.07) is 0. The summed E-state index contributed by atoms with van der Waals surface area (Å²) in [5.41, 5.74) is 0. The first-order chi connectivity index (χ1) is 3.77. The van der Waals surface area contributed by atoms with Crippen molar-refractivity contribution in [1.29, 1.82) is 0 Å². The van der Waals surface area contributed by atoms with Crippen LogP contribution in [0.1, 0.15) is 6.42 Å². The maximum atomic E-state index is 3.54. The lowest BCUT2D eigenvalue weighted by atomic mass is 10.4. The van der Waals surface area contributed by atoms with Crippen LogP contribution in [-0.4, -0.2) is 3.74 Å². The molecule has 0 aromatic rings. The summed E-state index contributed by atoms with van der Waals surface area (Å²) in [4.78, 5) is 0. The van der Waals surface area contributed by atoms with E-state index in [0.717, 1.165) is 6.42 Å². The molecule has 0 bridgehead atoms. The first-order valence-electron chi connectivity index (χ1n) is 2.33. The summed E-state index contributed by atoms with van der Waals surface area (Å²) in [6.07, 6.45) is 6.73. The van der Waals surface area contributed by atoms with Crippen molar-refractivity contribution in [2.24, 2.45) is 0 Å². The zero-order valence-electron chi connectivity index (χ0n) is 4.48. The molecule has 0 aromatic carbocycles. The molecule has 2 heteroatoms. The lowest BCUT2D eigenvalue weighted by Gasteiger charge is -1.89. The minimum absolute atomic E-state index is 0.395. The Labute approximate surface area is 66.9 Å². The Kier molecular flexibility index (Phi) is 5.88. The van der Waals surface area contributed by atoms with Gasteiger partial charge < -0.3 is 0 Å². The van der Waals surface area contributed by atoms with E-state index in [1.54, 1.807) is 6.08 Å². The molecule has 0 atom stereocenters. The highest BCUT2D eigenvalue weighted by Gasteiger charge is 1.89. The molecule has 0 aromatic heterocycles. The normalized spacial score (nSPS) is 10.9. The van der Waals surface area contributed by atoms with Gasteiger partial charge in [0.1, 0.15) is 0 Å². The summed E-state index contributed by atoms with van der Waals surface area (Å²) < 4.78 is 0.395. The monoisotopic (exact) mass is 238 g/mol. The highest BCUT2D eigenvalue weighted by atomic mass is 79.9. The second-order valence-electron chi connectivity index (χ2n) is 1.29. The number of rotatable bonds is 3. The fourth-order valence-corrected chi connectivity index (χ4v) is 0.709. The van der Waals surface area contributed by atoms with Gasteiger partial charge >= 0.3 is 0 Å². The van der Waals surface area contributed by atoms with E-state index in [0.29, 0.717) is 3.74 Å². The van der Waals surface area contributed by atoms with Gasteiger partial charge in [0.2, 0.25) is 0 Å². The van der Waals surface area contributed by atoms with Gasteiger partial charge in [0.25, 0.3) is 0 Å². The zero-order valence-corrected chi connectivity index (χ0v) is 7.65. The van der Waals surface area contributed by atoms with Gasteiger partial charge in [-0.1, -0.05) is 56.7 Å². The van der Waals surface area contributed by atoms with Crippen molar-refractivity contribution < 1.29 is 0 Å². The molecule has 8 heavy (non-hydrogen) atoms. The molecule has 0 aliphatic rings. The van der Waals surface area contributed by atoms with E-state index in [1.807, 2.05) is 12.2 Å². The number of halogens is 2. The Morgan fingerprint density at radius 1 is 1.50 bits per heavy atom. The third kappa shape index (κ3) is 6.44. The predicted molar refractivity (Wildman–Crippen MR) is 45.6 cm³/mol.